The van der Waals surface area contributed by atoms with Crippen LogP contribution in [0.15, 0.2) is 47.6 Å². The van der Waals surface area contributed by atoms with Crippen LogP contribution in [0.3, 0.4) is 0 Å². The fourth-order valence-electron chi connectivity index (χ4n) is 1.43. The van der Waals surface area contributed by atoms with Crippen molar-refractivity contribution in [3.63, 3.8) is 0 Å². The van der Waals surface area contributed by atoms with Crippen LogP contribution >= 0.6 is 0 Å². The van der Waals surface area contributed by atoms with Crippen LogP contribution in [0.4, 0.5) is 10.1 Å². The molecule has 1 heterocycles. The van der Waals surface area contributed by atoms with Gasteiger partial charge in [0.25, 0.3) is 10.0 Å². The first-order chi connectivity index (χ1) is 8.50. The van der Waals surface area contributed by atoms with Crippen molar-refractivity contribution in [2.75, 3.05) is 4.72 Å². The maximum atomic E-state index is 13.5. The van der Waals surface area contributed by atoms with Gasteiger partial charge >= 0.3 is 0 Å². The van der Waals surface area contributed by atoms with E-state index in [9.17, 15) is 12.8 Å². The second-order valence-corrected chi connectivity index (χ2v) is 5.38. The molecule has 0 atom stereocenters. The summed E-state index contributed by atoms with van der Waals surface area (Å²) >= 11 is 0. The zero-order valence-electron chi connectivity index (χ0n) is 9.59. The van der Waals surface area contributed by atoms with E-state index in [0.29, 0.717) is 11.3 Å². The van der Waals surface area contributed by atoms with Crippen LogP contribution in [0.2, 0.25) is 0 Å². The minimum absolute atomic E-state index is 0.334. The number of hydrogen-bond donors (Lipinski definition) is 1. The van der Waals surface area contributed by atoms with Gasteiger partial charge in [-0.1, -0.05) is 12.1 Å². The molecule has 0 fully saturated rings. The van der Waals surface area contributed by atoms with Crippen molar-refractivity contribution in [3.8, 4) is 0 Å². The largest absolute Gasteiger partial charge is 0.278 e. The van der Waals surface area contributed by atoms with E-state index in [1.807, 2.05) is 0 Å². The number of anilines is 1. The Morgan fingerprint density at radius 2 is 1.94 bits per heavy atom. The first-order valence-corrected chi connectivity index (χ1v) is 6.67. The lowest BCUT2D eigenvalue weighted by Crippen LogP contribution is -2.15. The van der Waals surface area contributed by atoms with Crippen LogP contribution in [-0.4, -0.2) is 13.4 Å². The molecule has 2 aromatic rings. The quantitative estimate of drug-likeness (QED) is 0.927. The molecule has 0 saturated carbocycles. The summed E-state index contributed by atoms with van der Waals surface area (Å²) in [7, 11) is -3.93. The number of aryl methyl sites for hydroxylation is 1. The minimum atomic E-state index is -3.93. The summed E-state index contributed by atoms with van der Waals surface area (Å²) in [5.74, 6) is -0.786. The lowest BCUT2D eigenvalue weighted by Gasteiger charge is -2.10. The molecule has 0 saturated heterocycles. The third-order valence-corrected chi connectivity index (χ3v) is 3.81. The second-order valence-electron chi connectivity index (χ2n) is 3.73. The molecule has 6 heteroatoms. The van der Waals surface area contributed by atoms with Crippen LogP contribution in [0, 0.1) is 12.7 Å². The molecular weight excluding hydrogens is 255 g/mol. The minimum Gasteiger partial charge on any atom is -0.278 e. The number of nitrogens with one attached hydrogen (secondary N) is 1. The van der Waals surface area contributed by atoms with E-state index >= 15 is 0 Å². The van der Waals surface area contributed by atoms with Crippen molar-refractivity contribution in [1.82, 2.24) is 4.98 Å². The van der Waals surface area contributed by atoms with Crippen molar-refractivity contribution in [3.05, 3.63) is 54.1 Å². The van der Waals surface area contributed by atoms with Gasteiger partial charge in [0.05, 0.1) is 11.9 Å². The maximum absolute atomic E-state index is 13.5. The predicted octanol–water partition coefficient (Wildman–Crippen LogP) is 2.33. The molecule has 0 radical (unpaired) electrons. The molecule has 1 N–H and O–H groups in total. The summed E-state index contributed by atoms with van der Waals surface area (Å²) in [6, 6.07) is 6.88. The highest BCUT2D eigenvalue weighted by Gasteiger charge is 2.19. The Morgan fingerprint density at radius 1 is 1.22 bits per heavy atom. The summed E-state index contributed by atoms with van der Waals surface area (Å²) in [6.07, 6.45) is 2.93. The molecular formula is C12H11FN2O2S. The molecule has 0 aliphatic rings. The van der Waals surface area contributed by atoms with Gasteiger partial charge in [-0.2, -0.15) is 0 Å². The molecule has 0 aliphatic heterocycles. The van der Waals surface area contributed by atoms with Gasteiger partial charge in [-0.3, -0.25) is 9.71 Å². The van der Waals surface area contributed by atoms with E-state index in [1.54, 1.807) is 19.2 Å². The van der Waals surface area contributed by atoms with Crippen molar-refractivity contribution < 1.29 is 12.8 Å². The lowest BCUT2D eigenvalue weighted by molar-refractivity contribution is 0.570. The molecule has 0 amide bonds. The van der Waals surface area contributed by atoms with Crippen molar-refractivity contribution in [2.24, 2.45) is 0 Å². The first-order valence-electron chi connectivity index (χ1n) is 5.18. The Hall–Kier alpha value is -1.95. The van der Waals surface area contributed by atoms with E-state index in [0.717, 1.165) is 6.07 Å². The van der Waals surface area contributed by atoms with Gasteiger partial charge in [-0.05, 0) is 30.7 Å². The molecule has 1 aromatic carbocycles. The fourth-order valence-corrected chi connectivity index (χ4v) is 2.63. The molecule has 4 nitrogen and oxygen atoms in total. The fraction of sp³-hybridized carbons (Fsp3) is 0.0833. The van der Waals surface area contributed by atoms with Gasteiger partial charge in [0.1, 0.15) is 10.7 Å². The van der Waals surface area contributed by atoms with Crippen LogP contribution in [0.5, 0.6) is 0 Å². The summed E-state index contributed by atoms with van der Waals surface area (Å²) in [4.78, 5) is 3.44. The van der Waals surface area contributed by atoms with E-state index in [-0.39, 0.29) is 4.90 Å². The first kappa shape index (κ1) is 12.5. The van der Waals surface area contributed by atoms with Gasteiger partial charge in [-0.25, -0.2) is 12.8 Å². The smallest absolute Gasteiger partial charge is 0.264 e. The number of aromatic nitrogens is 1. The normalized spacial score (nSPS) is 11.2. The van der Waals surface area contributed by atoms with Crippen LogP contribution < -0.4 is 4.72 Å². The SMILES string of the molecule is Cc1ccncc1NS(=O)(=O)c1ccccc1F. The number of hydrogen-bond acceptors (Lipinski definition) is 3. The molecule has 2 rings (SSSR count). The summed E-state index contributed by atoms with van der Waals surface area (Å²) in [6.45, 7) is 1.74. The van der Waals surface area contributed by atoms with Crippen LogP contribution in [-0.2, 0) is 10.0 Å². The Labute approximate surface area is 105 Å². The van der Waals surface area contributed by atoms with Crippen LogP contribution in [0.1, 0.15) is 5.56 Å². The van der Waals surface area contributed by atoms with Gasteiger partial charge < -0.3 is 0 Å². The molecule has 1 aromatic heterocycles. The lowest BCUT2D eigenvalue weighted by atomic mass is 10.3. The Morgan fingerprint density at radius 3 is 2.61 bits per heavy atom. The number of rotatable bonds is 3. The third-order valence-electron chi connectivity index (χ3n) is 2.41. The second kappa shape index (κ2) is 4.73. The molecule has 0 aliphatic carbocycles. The highest BCUT2D eigenvalue weighted by atomic mass is 32.2. The monoisotopic (exact) mass is 266 g/mol. The Kier molecular flexibility index (Phi) is 3.29. The van der Waals surface area contributed by atoms with Gasteiger partial charge in [0.15, 0.2) is 0 Å². The average Bonchev–Trinajstić information content (AvgIpc) is 2.32. The molecule has 0 spiro atoms. The number of halogens is 1. The number of pyridine rings is 1. The van der Waals surface area contributed by atoms with E-state index < -0.39 is 15.8 Å². The van der Waals surface area contributed by atoms with Gasteiger partial charge in [0, 0.05) is 6.20 Å². The average molecular weight is 266 g/mol. The van der Waals surface area contributed by atoms with E-state index in [4.69, 9.17) is 0 Å². The van der Waals surface area contributed by atoms with E-state index in [2.05, 4.69) is 9.71 Å². The number of nitrogens with zero attached hydrogens (tertiary/aromatic N) is 1. The standard InChI is InChI=1S/C12H11FN2O2S/c1-9-6-7-14-8-11(9)15-18(16,17)12-5-3-2-4-10(12)13/h2-8,15H,1H3. The zero-order chi connectivity index (χ0) is 13.2. The topological polar surface area (TPSA) is 59.1 Å². The maximum Gasteiger partial charge on any atom is 0.264 e. The van der Waals surface area contributed by atoms with Crippen LogP contribution in [0.25, 0.3) is 0 Å². The summed E-state index contributed by atoms with van der Waals surface area (Å²) in [5.41, 5.74) is 1.05. The van der Waals surface area contributed by atoms with Gasteiger partial charge in [0.2, 0.25) is 0 Å². The number of sulfonamides is 1. The Balaban J connectivity index is 2.40. The summed E-state index contributed by atoms with van der Waals surface area (Å²) < 4.78 is 39.8. The van der Waals surface area contributed by atoms with Gasteiger partial charge in [-0.15, -0.1) is 0 Å². The van der Waals surface area contributed by atoms with E-state index in [1.165, 1.54) is 24.4 Å². The Bertz CT molecular complexity index is 671. The highest BCUT2D eigenvalue weighted by Crippen LogP contribution is 2.20. The third kappa shape index (κ3) is 2.48. The molecule has 18 heavy (non-hydrogen) atoms. The van der Waals surface area contributed by atoms with Crippen molar-refractivity contribution in [2.45, 2.75) is 11.8 Å². The zero-order valence-corrected chi connectivity index (χ0v) is 10.4. The summed E-state index contributed by atoms with van der Waals surface area (Å²) in [5, 5.41) is 0. The number of benzene rings is 1. The van der Waals surface area contributed by atoms with Crippen molar-refractivity contribution in [1.29, 1.82) is 0 Å². The molecule has 94 valence electrons. The van der Waals surface area contributed by atoms with Crippen molar-refractivity contribution >= 4 is 15.7 Å². The molecule has 0 bridgehead atoms. The predicted molar refractivity (Wildman–Crippen MR) is 66.2 cm³/mol. The highest BCUT2D eigenvalue weighted by molar-refractivity contribution is 7.92. The molecule has 0 unspecified atom stereocenters.